The third-order valence-electron chi connectivity index (χ3n) is 4.12. The van der Waals surface area contributed by atoms with Gasteiger partial charge in [0.1, 0.15) is 5.82 Å². The van der Waals surface area contributed by atoms with Gasteiger partial charge in [0.15, 0.2) is 0 Å². The van der Waals surface area contributed by atoms with E-state index in [2.05, 4.69) is 61.4 Å². The molecule has 0 saturated carbocycles. The highest BCUT2D eigenvalue weighted by molar-refractivity contribution is 5.68. The van der Waals surface area contributed by atoms with Gasteiger partial charge in [0, 0.05) is 28.8 Å². The number of nitrogens with zero attached hydrogens (tertiary/aromatic N) is 1. The van der Waals surface area contributed by atoms with E-state index >= 15 is 0 Å². The molecule has 1 unspecified atom stereocenters. The zero-order chi connectivity index (χ0) is 12.8. The number of rotatable bonds is 1. The summed E-state index contributed by atoms with van der Waals surface area (Å²) in [6, 6.07) is 13.1. The molecule has 2 aromatic rings. The molecular formula is C16H18N2. The van der Waals surface area contributed by atoms with E-state index in [1.54, 1.807) is 0 Å². The highest BCUT2D eigenvalue weighted by Crippen LogP contribution is 2.40. The number of nitrogens with one attached hydrogen (secondary N) is 1. The first-order valence-corrected chi connectivity index (χ1v) is 6.41. The molecule has 0 amide bonds. The summed E-state index contributed by atoms with van der Waals surface area (Å²) in [5.41, 5.74) is 3.87. The summed E-state index contributed by atoms with van der Waals surface area (Å²) < 4.78 is 0. The van der Waals surface area contributed by atoms with E-state index in [-0.39, 0.29) is 5.41 Å². The van der Waals surface area contributed by atoms with Gasteiger partial charge in [-0.2, -0.15) is 0 Å². The van der Waals surface area contributed by atoms with Crippen molar-refractivity contribution in [3.05, 3.63) is 48.2 Å². The zero-order valence-electron chi connectivity index (χ0n) is 11.1. The van der Waals surface area contributed by atoms with Gasteiger partial charge in [-0.3, -0.25) is 0 Å². The smallest absolute Gasteiger partial charge is 0.130 e. The SMILES string of the molecule is CC1Nc2ncc(-c3ccccc3)cc2C1(C)C. The molecule has 0 fully saturated rings. The van der Waals surface area contributed by atoms with Crippen molar-refractivity contribution in [2.24, 2.45) is 0 Å². The van der Waals surface area contributed by atoms with Crippen molar-refractivity contribution in [2.45, 2.75) is 32.2 Å². The van der Waals surface area contributed by atoms with Crippen molar-refractivity contribution in [2.75, 3.05) is 5.32 Å². The summed E-state index contributed by atoms with van der Waals surface area (Å²) in [7, 11) is 0. The van der Waals surface area contributed by atoms with Gasteiger partial charge in [-0.15, -0.1) is 0 Å². The summed E-state index contributed by atoms with van der Waals surface area (Å²) in [5, 5.41) is 3.46. The summed E-state index contributed by atoms with van der Waals surface area (Å²) in [6.07, 6.45) is 1.95. The van der Waals surface area contributed by atoms with Gasteiger partial charge in [-0.05, 0) is 18.6 Å². The lowest BCUT2D eigenvalue weighted by Gasteiger charge is -2.23. The van der Waals surface area contributed by atoms with Gasteiger partial charge in [0.05, 0.1) is 0 Å². The zero-order valence-corrected chi connectivity index (χ0v) is 11.1. The van der Waals surface area contributed by atoms with Crippen LogP contribution in [0.4, 0.5) is 5.82 Å². The second-order valence-electron chi connectivity index (χ2n) is 5.57. The third-order valence-corrected chi connectivity index (χ3v) is 4.12. The van der Waals surface area contributed by atoms with Crippen LogP contribution in [0.1, 0.15) is 26.3 Å². The summed E-state index contributed by atoms with van der Waals surface area (Å²) >= 11 is 0. The molecule has 0 aliphatic carbocycles. The number of fused-ring (bicyclic) bond motifs is 1. The lowest BCUT2D eigenvalue weighted by molar-refractivity contribution is 0.486. The summed E-state index contributed by atoms with van der Waals surface area (Å²) in [5.74, 6) is 1.03. The molecule has 92 valence electrons. The van der Waals surface area contributed by atoms with Crippen molar-refractivity contribution in [3.63, 3.8) is 0 Å². The average Bonchev–Trinajstić information content (AvgIpc) is 2.61. The Hall–Kier alpha value is -1.83. The minimum absolute atomic E-state index is 0.132. The molecule has 2 heteroatoms. The molecule has 1 aromatic carbocycles. The molecule has 3 rings (SSSR count). The van der Waals surface area contributed by atoms with E-state index in [0.717, 1.165) is 5.82 Å². The largest absolute Gasteiger partial charge is 0.366 e. The van der Waals surface area contributed by atoms with Crippen LogP contribution >= 0.6 is 0 Å². The van der Waals surface area contributed by atoms with Gasteiger partial charge >= 0.3 is 0 Å². The van der Waals surface area contributed by atoms with Gasteiger partial charge in [-0.1, -0.05) is 44.2 Å². The third kappa shape index (κ3) is 1.60. The average molecular weight is 238 g/mol. The Morgan fingerprint density at radius 2 is 1.83 bits per heavy atom. The first kappa shape index (κ1) is 11.3. The number of anilines is 1. The van der Waals surface area contributed by atoms with E-state index in [9.17, 15) is 0 Å². The quantitative estimate of drug-likeness (QED) is 0.816. The van der Waals surface area contributed by atoms with Crippen LogP contribution in [0.3, 0.4) is 0 Å². The minimum atomic E-state index is 0.132. The molecule has 1 N–H and O–H groups in total. The topological polar surface area (TPSA) is 24.9 Å². The number of aromatic nitrogens is 1. The Labute approximate surface area is 108 Å². The minimum Gasteiger partial charge on any atom is -0.366 e. The summed E-state index contributed by atoms with van der Waals surface area (Å²) in [6.45, 7) is 6.75. The van der Waals surface area contributed by atoms with Crippen LogP contribution in [-0.4, -0.2) is 11.0 Å². The number of benzene rings is 1. The first-order chi connectivity index (χ1) is 8.59. The molecule has 2 heterocycles. The Bertz CT molecular complexity index is 573. The maximum Gasteiger partial charge on any atom is 0.130 e. The van der Waals surface area contributed by atoms with E-state index in [1.165, 1.54) is 16.7 Å². The van der Waals surface area contributed by atoms with Crippen LogP contribution in [0.15, 0.2) is 42.6 Å². The molecule has 0 saturated heterocycles. The maximum atomic E-state index is 4.57. The molecule has 18 heavy (non-hydrogen) atoms. The lowest BCUT2D eigenvalue weighted by atomic mass is 9.81. The van der Waals surface area contributed by atoms with Gasteiger partial charge in [0.2, 0.25) is 0 Å². The fourth-order valence-electron chi connectivity index (χ4n) is 2.48. The highest BCUT2D eigenvalue weighted by atomic mass is 15.1. The van der Waals surface area contributed by atoms with Crippen molar-refractivity contribution in [1.82, 2.24) is 4.98 Å². The molecule has 0 bridgehead atoms. The van der Waals surface area contributed by atoms with Crippen LogP contribution < -0.4 is 5.32 Å². The van der Waals surface area contributed by atoms with Gasteiger partial charge < -0.3 is 5.32 Å². The standard InChI is InChI=1S/C16H18N2/c1-11-16(2,3)14-9-13(10-17-15(14)18-11)12-7-5-4-6-8-12/h4-11H,1-3H3,(H,17,18). The van der Waals surface area contributed by atoms with Crippen molar-refractivity contribution in [3.8, 4) is 11.1 Å². The Kier molecular flexibility index (Phi) is 2.40. The van der Waals surface area contributed by atoms with Crippen LogP contribution in [0.5, 0.6) is 0 Å². The number of pyridine rings is 1. The monoisotopic (exact) mass is 238 g/mol. The summed E-state index contributed by atoms with van der Waals surface area (Å²) in [4.78, 5) is 4.57. The fraction of sp³-hybridized carbons (Fsp3) is 0.312. The van der Waals surface area contributed by atoms with Crippen LogP contribution in [-0.2, 0) is 5.41 Å². The Morgan fingerprint density at radius 1 is 1.11 bits per heavy atom. The predicted octanol–water partition coefficient (Wildman–Crippen LogP) is 3.84. The number of hydrogen-bond acceptors (Lipinski definition) is 2. The molecule has 0 spiro atoms. The van der Waals surface area contributed by atoms with Crippen LogP contribution in [0.25, 0.3) is 11.1 Å². The molecule has 2 nitrogen and oxygen atoms in total. The highest BCUT2D eigenvalue weighted by Gasteiger charge is 2.37. The Morgan fingerprint density at radius 3 is 2.56 bits per heavy atom. The predicted molar refractivity (Wildman–Crippen MR) is 75.8 cm³/mol. The van der Waals surface area contributed by atoms with Crippen LogP contribution in [0.2, 0.25) is 0 Å². The second-order valence-corrected chi connectivity index (χ2v) is 5.57. The van der Waals surface area contributed by atoms with Gasteiger partial charge in [0.25, 0.3) is 0 Å². The van der Waals surface area contributed by atoms with E-state index in [0.29, 0.717) is 6.04 Å². The molecule has 0 radical (unpaired) electrons. The first-order valence-electron chi connectivity index (χ1n) is 6.41. The van der Waals surface area contributed by atoms with E-state index < -0.39 is 0 Å². The Balaban J connectivity index is 2.11. The fourth-order valence-corrected chi connectivity index (χ4v) is 2.48. The van der Waals surface area contributed by atoms with Gasteiger partial charge in [-0.25, -0.2) is 4.98 Å². The molecule has 1 aliphatic rings. The number of hydrogen-bond donors (Lipinski definition) is 1. The second kappa shape index (κ2) is 3.84. The van der Waals surface area contributed by atoms with E-state index in [4.69, 9.17) is 0 Å². The van der Waals surface area contributed by atoms with E-state index in [1.807, 2.05) is 12.3 Å². The molecule has 1 atom stereocenters. The molecular weight excluding hydrogens is 220 g/mol. The normalized spacial score (nSPS) is 20.3. The maximum absolute atomic E-state index is 4.57. The van der Waals surface area contributed by atoms with Crippen LogP contribution in [0, 0.1) is 0 Å². The van der Waals surface area contributed by atoms with Crippen molar-refractivity contribution in [1.29, 1.82) is 0 Å². The van der Waals surface area contributed by atoms with Crippen molar-refractivity contribution < 1.29 is 0 Å². The van der Waals surface area contributed by atoms with Crippen molar-refractivity contribution >= 4 is 5.82 Å². The molecule has 1 aliphatic heterocycles. The lowest BCUT2D eigenvalue weighted by Crippen LogP contribution is -2.29. The molecule has 1 aromatic heterocycles.